The van der Waals surface area contributed by atoms with Crippen LogP contribution in [0.15, 0.2) is 194 Å². The fraction of sp³-hybridized carbons (Fsp3) is 0.182. The quantitative estimate of drug-likeness (QED) is 0.156. The Morgan fingerprint density at radius 2 is 0.910 bits per heavy atom. The van der Waals surface area contributed by atoms with Crippen molar-refractivity contribution >= 4 is 65.2 Å². The predicted octanol–water partition coefficient (Wildman–Crippen LogP) is 18.6. The van der Waals surface area contributed by atoms with Gasteiger partial charge in [0.05, 0.1) is 5.54 Å². The maximum atomic E-state index is 2.73. The molecule has 1 nitrogen and oxygen atoms in total. The second-order valence-corrected chi connectivity index (χ2v) is 21.1. The normalized spacial score (nSPS) is 18.4. The molecule has 0 amide bonds. The van der Waals surface area contributed by atoms with Crippen LogP contribution in [0.1, 0.15) is 71.4 Å². The van der Waals surface area contributed by atoms with Crippen LogP contribution in [0.3, 0.4) is 0 Å². The van der Waals surface area contributed by atoms with Crippen molar-refractivity contribution in [3.05, 3.63) is 205 Å². The van der Waals surface area contributed by atoms with Crippen molar-refractivity contribution in [3.63, 3.8) is 0 Å². The number of rotatable bonds is 5. The minimum Gasteiger partial charge on any atom is -0.334 e. The van der Waals surface area contributed by atoms with Gasteiger partial charge >= 0.3 is 0 Å². The van der Waals surface area contributed by atoms with E-state index in [1.165, 1.54) is 147 Å². The Morgan fingerprint density at radius 3 is 1.49 bits per heavy atom. The van der Waals surface area contributed by atoms with Gasteiger partial charge < -0.3 is 4.90 Å². The van der Waals surface area contributed by atoms with Crippen molar-refractivity contribution in [1.82, 2.24) is 0 Å². The zero-order chi connectivity index (χ0) is 45.2. The monoisotopic (exact) mass is 861 g/mol. The number of anilines is 2. The van der Waals surface area contributed by atoms with Gasteiger partial charge in [-0.2, -0.15) is 0 Å². The van der Waals surface area contributed by atoms with Crippen LogP contribution in [-0.2, 0) is 10.8 Å². The van der Waals surface area contributed by atoms with Gasteiger partial charge in [0, 0.05) is 16.8 Å². The highest BCUT2D eigenvalue weighted by molar-refractivity contribution is 6.33. The summed E-state index contributed by atoms with van der Waals surface area (Å²) in [5.74, 6) is 0. The van der Waals surface area contributed by atoms with Crippen molar-refractivity contribution in [2.75, 3.05) is 4.90 Å². The lowest BCUT2D eigenvalue weighted by atomic mass is 9.61. The van der Waals surface area contributed by atoms with Crippen molar-refractivity contribution in [1.29, 1.82) is 0 Å². The summed E-state index contributed by atoms with van der Waals surface area (Å²) in [6.07, 6.45) is 4.84. The van der Waals surface area contributed by atoms with Crippen LogP contribution in [-0.4, -0.2) is 5.54 Å². The van der Waals surface area contributed by atoms with Gasteiger partial charge in [-0.3, -0.25) is 0 Å². The third kappa shape index (κ3) is 5.86. The summed E-state index contributed by atoms with van der Waals surface area (Å²) in [7, 11) is 0. The molecule has 1 aliphatic heterocycles. The first-order valence-corrected chi connectivity index (χ1v) is 24.5. The van der Waals surface area contributed by atoms with Gasteiger partial charge in [0.25, 0.3) is 0 Å². The van der Waals surface area contributed by atoms with Gasteiger partial charge in [-0.25, -0.2) is 0 Å². The summed E-state index contributed by atoms with van der Waals surface area (Å²) in [6.45, 7) is 12.1. The Bertz CT molecular complexity index is 3750. The first-order valence-electron chi connectivity index (χ1n) is 24.5. The minimum absolute atomic E-state index is 0.0144. The Kier molecular flexibility index (Phi) is 8.76. The van der Waals surface area contributed by atoms with Crippen molar-refractivity contribution in [2.45, 2.75) is 76.7 Å². The van der Waals surface area contributed by atoms with Crippen LogP contribution in [0.2, 0.25) is 0 Å². The summed E-state index contributed by atoms with van der Waals surface area (Å²) >= 11 is 0. The molecular weight excluding hydrogens is 807 g/mol. The second-order valence-electron chi connectivity index (χ2n) is 21.1. The van der Waals surface area contributed by atoms with E-state index in [1.54, 1.807) is 0 Å². The summed E-state index contributed by atoms with van der Waals surface area (Å²) in [5, 5.41) is 12.9. The van der Waals surface area contributed by atoms with Gasteiger partial charge in [0.15, 0.2) is 0 Å². The van der Waals surface area contributed by atoms with Crippen molar-refractivity contribution in [3.8, 4) is 44.5 Å². The Morgan fingerprint density at radius 1 is 0.403 bits per heavy atom. The highest BCUT2D eigenvalue weighted by Crippen LogP contribution is 2.62. The van der Waals surface area contributed by atoms with E-state index < -0.39 is 0 Å². The molecule has 2 aliphatic rings. The highest BCUT2D eigenvalue weighted by atomic mass is 15.3. The molecule has 1 fully saturated rings. The molecule has 1 heteroatoms. The van der Waals surface area contributed by atoms with E-state index in [9.17, 15) is 0 Å². The summed E-state index contributed by atoms with van der Waals surface area (Å²) in [6, 6.07) is 74.2. The van der Waals surface area contributed by atoms with Crippen LogP contribution in [0, 0.1) is 0 Å². The average Bonchev–Trinajstić information content (AvgIpc) is 3.57. The zero-order valence-electron chi connectivity index (χ0n) is 39.3. The Hall–Kier alpha value is -7.22. The van der Waals surface area contributed by atoms with Crippen LogP contribution in [0.4, 0.5) is 11.4 Å². The lowest BCUT2D eigenvalue weighted by Crippen LogP contribution is -2.54. The van der Waals surface area contributed by atoms with E-state index in [-0.39, 0.29) is 16.4 Å². The molecular formula is C66H55N. The molecule has 2 unspecified atom stereocenters. The van der Waals surface area contributed by atoms with Gasteiger partial charge in [0.1, 0.15) is 0 Å². The molecule has 1 heterocycles. The number of nitrogens with zero attached hydrogens (tertiary/aromatic N) is 1. The molecule has 11 aromatic carbocycles. The molecule has 0 radical (unpaired) electrons. The van der Waals surface area contributed by atoms with Gasteiger partial charge in [0.2, 0.25) is 0 Å². The lowest BCUT2D eigenvalue weighted by Gasteiger charge is -2.50. The third-order valence-corrected chi connectivity index (χ3v) is 16.6. The summed E-state index contributed by atoms with van der Waals surface area (Å²) in [5.41, 5.74) is 15.7. The van der Waals surface area contributed by atoms with E-state index in [2.05, 4.69) is 234 Å². The number of hydrogen-bond donors (Lipinski definition) is 0. The van der Waals surface area contributed by atoms with Crippen molar-refractivity contribution in [2.24, 2.45) is 0 Å². The predicted molar refractivity (Wildman–Crippen MR) is 288 cm³/mol. The molecule has 2 atom stereocenters. The van der Waals surface area contributed by atoms with Crippen LogP contribution in [0.5, 0.6) is 0 Å². The Labute approximate surface area is 394 Å². The minimum atomic E-state index is -0.0436. The molecule has 0 bridgehead atoms. The summed E-state index contributed by atoms with van der Waals surface area (Å²) < 4.78 is 0. The molecule has 0 N–H and O–H groups in total. The molecule has 0 spiro atoms. The number of benzene rings is 11. The van der Waals surface area contributed by atoms with E-state index in [0.717, 1.165) is 0 Å². The first-order chi connectivity index (χ1) is 32.6. The summed E-state index contributed by atoms with van der Waals surface area (Å²) in [4.78, 5) is 2.73. The lowest BCUT2D eigenvalue weighted by molar-refractivity contribution is 0.195. The van der Waals surface area contributed by atoms with Gasteiger partial charge in [-0.1, -0.05) is 198 Å². The van der Waals surface area contributed by atoms with E-state index in [1.807, 2.05) is 0 Å². The topological polar surface area (TPSA) is 3.24 Å². The molecule has 324 valence electrons. The van der Waals surface area contributed by atoms with Gasteiger partial charge in [-0.05, 0) is 171 Å². The maximum Gasteiger partial charge on any atom is 0.0517 e. The molecule has 1 aliphatic carbocycles. The molecule has 11 aromatic rings. The SMILES string of the molecule is CC(C)(C)c1ccc(N2c3ccc(-c4cc(-c5cccc6ccccc56)c5ccc6c(-c7ccccc7)cc(-c7cccc8ccccc78)c7ccc4c5c67)cc3C3(C)CCCCC23C)cc1. The second kappa shape index (κ2) is 14.6. The first kappa shape index (κ1) is 40.1. The maximum absolute atomic E-state index is 2.73. The fourth-order valence-corrected chi connectivity index (χ4v) is 12.9. The number of fused-ring (bicyclic) bond motifs is 5. The molecule has 67 heavy (non-hydrogen) atoms. The van der Waals surface area contributed by atoms with Gasteiger partial charge in [-0.15, -0.1) is 0 Å². The average molecular weight is 862 g/mol. The molecule has 0 aromatic heterocycles. The van der Waals surface area contributed by atoms with Crippen molar-refractivity contribution < 1.29 is 0 Å². The Balaban J connectivity index is 1.13. The molecule has 1 saturated carbocycles. The largest absolute Gasteiger partial charge is 0.334 e. The molecule has 0 saturated heterocycles. The smallest absolute Gasteiger partial charge is 0.0517 e. The van der Waals surface area contributed by atoms with Crippen LogP contribution in [0.25, 0.3) is 98.4 Å². The van der Waals surface area contributed by atoms with Crippen LogP contribution >= 0.6 is 0 Å². The van der Waals surface area contributed by atoms with E-state index in [0.29, 0.717) is 0 Å². The highest BCUT2D eigenvalue weighted by Gasteiger charge is 2.57. The third-order valence-electron chi connectivity index (χ3n) is 16.6. The fourth-order valence-electron chi connectivity index (χ4n) is 12.9. The number of hydrogen-bond acceptors (Lipinski definition) is 1. The van der Waals surface area contributed by atoms with Crippen LogP contribution < -0.4 is 4.90 Å². The standard InChI is InChI=1S/C66H55N/c1-64(2,3)46-28-30-47(31-29-46)67-61-36-27-45(39-60(61)65(4)37-13-14-38-66(65,67)5)57-41-59(51-26-16-22-43-20-10-12-24-49(43)51)55-34-32-52-56(44-17-7-6-8-18-44)40-58(54-35-33-53(57)63(55)62(52)54)50-25-15-21-42-19-9-11-23-48(42)50/h6-12,15-36,39-41H,13-14,37-38H2,1-5H3. The van der Waals surface area contributed by atoms with E-state index in [4.69, 9.17) is 0 Å². The molecule has 13 rings (SSSR count). The zero-order valence-corrected chi connectivity index (χ0v) is 39.3. The van der Waals surface area contributed by atoms with E-state index >= 15 is 0 Å².